The van der Waals surface area contributed by atoms with Crippen molar-refractivity contribution in [2.45, 2.75) is 32.6 Å². The van der Waals surface area contributed by atoms with Gasteiger partial charge in [-0.2, -0.15) is 0 Å². The van der Waals surface area contributed by atoms with Crippen molar-refractivity contribution in [3.05, 3.63) is 11.6 Å². The normalized spacial score (nSPS) is 32.8. The van der Waals surface area contributed by atoms with Crippen molar-refractivity contribution < 1.29 is 19.1 Å². The number of carbonyl (C=O) groups is 3. The molecule has 2 rings (SSSR count). The number of ether oxygens (including phenoxy) is 1. The predicted molar refractivity (Wildman–Crippen MR) is 60.2 cm³/mol. The molecule has 0 heterocycles. The van der Waals surface area contributed by atoms with E-state index >= 15 is 0 Å². The standard InChI is InChI=1S/C13H16O4/c1-8-6-10(14)7-9-4-3-5-11(15)13(8,9)12(16)17-2/h6,9H,3-5,7H2,1-2H3/t9-,13-/m0/s1. The number of methoxy groups -OCH3 is 1. The first-order valence-electron chi connectivity index (χ1n) is 5.86. The number of fused-ring (bicyclic) bond motifs is 1. The Morgan fingerprint density at radius 3 is 2.82 bits per heavy atom. The van der Waals surface area contributed by atoms with Gasteiger partial charge in [0.15, 0.2) is 17.0 Å². The second-order valence-corrected chi connectivity index (χ2v) is 4.81. The summed E-state index contributed by atoms with van der Waals surface area (Å²) in [5.74, 6) is -0.814. The van der Waals surface area contributed by atoms with Gasteiger partial charge in [0.2, 0.25) is 0 Å². The Bertz CT molecular complexity index is 411. The highest BCUT2D eigenvalue weighted by molar-refractivity contribution is 6.11. The van der Waals surface area contributed by atoms with Crippen LogP contribution in [0, 0.1) is 11.3 Å². The number of carbonyl (C=O) groups excluding carboxylic acids is 3. The Kier molecular flexibility index (Phi) is 2.89. The van der Waals surface area contributed by atoms with Crippen molar-refractivity contribution in [3.8, 4) is 0 Å². The number of hydrogen-bond donors (Lipinski definition) is 0. The van der Waals surface area contributed by atoms with Crippen LogP contribution in [-0.2, 0) is 19.1 Å². The van der Waals surface area contributed by atoms with Crippen LogP contribution in [0.15, 0.2) is 11.6 Å². The second kappa shape index (κ2) is 4.09. The maximum absolute atomic E-state index is 12.2. The van der Waals surface area contributed by atoms with Gasteiger partial charge in [-0.1, -0.05) is 0 Å². The Balaban J connectivity index is 2.57. The van der Waals surface area contributed by atoms with Gasteiger partial charge in [-0.05, 0) is 37.3 Å². The van der Waals surface area contributed by atoms with Gasteiger partial charge in [0.1, 0.15) is 0 Å². The molecule has 0 unspecified atom stereocenters. The van der Waals surface area contributed by atoms with Crippen molar-refractivity contribution in [2.24, 2.45) is 11.3 Å². The minimum absolute atomic E-state index is 0.00160. The molecule has 1 fully saturated rings. The largest absolute Gasteiger partial charge is 0.468 e. The first-order chi connectivity index (χ1) is 8.03. The van der Waals surface area contributed by atoms with Crippen LogP contribution in [0.2, 0.25) is 0 Å². The fourth-order valence-electron chi connectivity index (χ4n) is 3.21. The second-order valence-electron chi connectivity index (χ2n) is 4.81. The predicted octanol–water partition coefficient (Wildman–Crippen LogP) is 1.43. The van der Waals surface area contributed by atoms with Gasteiger partial charge in [0.05, 0.1) is 7.11 Å². The van der Waals surface area contributed by atoms with Gasteiger partial charge >= 0.3 is 5.97 Å². The van der Waals surface area contributed by atoms with Crippen LogP contribution in [0.3, 0.4) is 0 Å². The zero-order valence-electron chi connectivity index (χ0n) is 10.1. The molecule has 1 saturated carbocycles. The van der Waals surface area contributed by atoms with Gasteiger partial charge in [-0.25, -0.2) is 0 Å². The molecule has 0 spiro atoms. The first kappa shape index (κ1) is 12.0. The van der Waals surface area contributed by atoms with Crippen LogP contribution >= 0.6 is 0 Å². The molecular weight excluding hydrogens is 220 g/mol. The molecule has 17 heavy (non-hydrogen) atoms. The third kappa shape index (κ3) is 1.54. The van der Waals surface area contributed by atoms with Crippen LogP contribution in [-0.4, -0.2) is 24.6 Å². The minimum atomic E-state index is -1.18. The molecule has 0 N–H and O–H groups in total. The van der Waals surface area contributed by atoms with E-state index in [4.69, 9.17) is 4.74 Å². The maximum Gasteiger partial charge on any atom is 0.323 e. The fourth-order valence-corrected chi connectivity index (χ4v) is 3.21. The lowest BCUT2D eigenvalue weighted by Crippen LogP contribution is -2.52. The Morgan fingerprint density at radius 1 is 1.47 bits per heavy atom. The molecule has 0 radical (unpaired) electrons. The third-order valence-electron chi connectivity index (χ3n) is 3.96. The van der Waals surface area contributed by atoms with Crippen LogP contribution in [0.1, 0.15) is 32.6 Å². The number of hydrogen-bond acceptors (Lipinski definition) is 4. The van der Waals surface area contributed by atoms with Gasteiger partial charge in [0.25, 0.3) is 0 Å². The highest BCUT2D eigenvalue weighted by Crippen LogP contribution is 2.49. The Labute approximate surface area is 100 Å². The SMILES string of the molecule is COC(=O)[C@]12C(=O)CCC[C@H]1CC(=O)C=C2C. The molecule has 0 saturated heterocycles. The minimum Gasteiger partial charge on any atom is -0.468 e. The molecule has 0 bridgehead atoms. The highest BCUT2D eigenvalue weighted by atomic mass is 16.5. The Hall–Kier alpha value is -1.45. The zero-order chi connectivity index (χ0) is 12.6. The van der Waals surface area contributed by atoms with Gasteiger partial charge in [0, 0.05) is 12.8 Å². The van der Waals surface area contributed by atoms with E-state index in [2.05, 4.69) is 0 Å². The lowest BCUT2D eigenvalue weighted by molar-refractivity contribution is -0.161. The number of esters is 1. The van der Waals surface area contributed by atoms with E-state index in [9.17, 15) is 14.4 Å². The van der Waals surface area contributed by atoms with Crippen molar-refractivity contribution in [1.29, 1.82) is 0 Å². The van der Waals surface area contributed by atoms with Gasteiger partial charge < -0.3 is 4.74 Å². The summed E-state index contributed by atoms with van der Waals surface area (Å²) in [6.45, 7) is 1.68. The van der Waals surface area contributed by atoms with Gasteiger partial charge in [-0.15, -0.1) is 0 Å². The summed E-state index contributed by atoms with van der Waals surface area (Å²) in [6, 6.07) is 0. The monoisotopic (exact) mass is 236 g/mol. The van der Waals surface area contributed by atoms with E-state index in [1.807, 2.05) is 0 Å². The molecule has 0 aliphatic heterocycles. The van der Waals surface area contributed by atoms with Crippen molar-refractivity contribution in [2.75, 3.05) is 7.11 Å². The summed E-state index contributed by atoms with van der Waals surface area (Å²) in [5.41, 5.74) is -0.628. The summed E-state index contributed by atoms with van der Waals surface area (Å²) in [5, 5.41) is 0. The quantitative estimate of drug-likeness (QED) is 0.510. The van der Waals surface area contributed by atoms with Crippen LogP contribution < -0.4 is 0 Å². The summed E-state index contributed by atoms with van der Waals surface area (Å²) < 4.78 is 4.81. The number of allylic oxidation sites excluding steroid dienone is 1. The maximum atomic E-state index is 12.2. The molecule has 0 aromatic heterocycles. The molecule has 0 aromatic carbocycles. The van der Waals surface area contributed by atoms with E-state index in [1.54, 1.807) is 6.92 Å². The van der Waals surface area contributed by atoms with Crippen LogP contribution in [0.5, 0.6) is 0 Å². The topological polar surface area (TPSA) is 60.4 Å². The average molecular weight is 236 g/mol. The first-order valence-corrected chi connectivity index (χ1v) is 5.86. The number of Topliss-reactive ketones (excluding diaryl/α,β-unsaturated/α-hetero) is 1. The summed E-state index contributed by atoms with van der Waals surface area (Å²) in [7, 11) is 1.29. The van der Waals surface area contributed by atoms with Gasteiger partial charge in [-0.3, -0.25) is 14.4 Å². The summed E-state index contributed by atoms with van der Waals surface area (Å²) in [6.07, 6.45) is 3.58. The van der Waals surface area contributed by atoms with Crippen molar-refractivity contribution in [3.63, 3.8) is 0 Å². The van der Waals surface area contributed by atoms with Crippen LogP contribution in [0.4, 0.5) is 0 Å². The lowest BCUT2D eigenvalue weighted by Gasteiger charge is -2.42. The van der Waals surface area contributed by atoms with Crippen molar-refractivity contribution >= 4 is 17.5 Å². The van der Waals surface area contributed by atoms with E-state index in [0.29, 0.717) is 12.0 Å². The molecule has 4 nitrogen and oxygen atoms in total. The Morgan fingerprint density at radius 2 is 2.18 bits per heavy atom. The van der Waals surface area contributed by atoms with E-state index < -0.39 is 11.4 Å². The summed E-state index contributed by atoms with van der Waals surface area (Å²) in [4.78, 5) is 35.8. The molecule has 2 aliphatic rings. The zero-order valence-corrected chi connectivity index (χ0v) is 10.1. The molecule has 0 aromatic rings. The number of rotatable bonds is 1. The molecule has 2 aliphatic carbocycles. The van der Waals surface area contributed by atoms with Crippen LogP contribution in [0.25, 0.3) is 0 Å². The third-order valence-corrected chi connectivity index (χ3v) is 3.96. The summed E-state index contributed by atoms with van der Waals surface area (Å²) >= 11 is 0. The van der Waals surface area contributed by atoms with E-state index in [0.717, 1.165) is 12.8 Å². The van der Waals surface area contributed by atoms with E-state index in [-0.39, 0.29) is 23.9 Å². The molecule has 2 atom stereocenters. The molecule has 4 heteroatoms. The smallest absolute Gasteiger partial charge is 0.323 e. The van der Waals surface area contributed by atoms with Crippen molar-refractivity contribution in [1.82, 2.24) is 0 Å². The highest BCUT2D eigenvalue weighted by Gasteiger charge is 2.57. The average Bonchev–Trinajstić information content (AvgIpc) is 2.27. The number of ketones is 2. The fraction of sp³-hybridized carbons (Fsp3) is 0.615. The van der Waals surface area contributed by atoms with E-state index in [1.165, 1.54) is 13.2 Å². The molecule has 92 valence electrons. The molecular formula is C13H16O4. The molecule has 0 amide bonds. The lowest BCUT2D eigenvalue weighted by atomic mass is 9.58.